The highest BCUT2D eigenvalue weighted by atomic mass is 19.4. The van der Waals surface area contributed by atoms with Crippen LogP contribution in [0, 0.1) is 0 Å². The minimum absolute atomic E-state index is 0.483. The quantitative estimate of drug-likeness (QED) is 0.613. The second-order valence-corrected chi connectivity index (χ2v) is 5.19. The summed E-state index contributed by atoms with van der Waals surface area (Å²) >= 11 is 0. The van der Waals surface area contributed by atoms with Gasteiger partial charge in [-0.3, -0.25) is 4.98 Å². The van der Waals surface area contributed by atoms with Crippen molar-refractivity contribution in [3.8, 4) is 17.1 Å². The van der Waals surface area contributed by atoms with Crippen LogP contribution in [0.4, 0.5) is 24.5 Å². The number of anilines is 2. The van der Waals surface area contributed by atoms with Gasteiger partial charge in [-0.15, -0.1) is 0 Å². The zero-order valence-electron chi connectivity index (χ0n) is 15.2. The van der Waals surface area contributed by atoms with Gasteiger partial charge in [-0.1, -0.05) is 13.8 Å². The van der Waals surface area contributed by atoms with Crippen molar-refractivity contribution in [2.45, 2.75) is 20.0 Å². The fourth-order valence-electron chi connectivity index (χ4n) is 2.28. The first kappa shape index (κ1) is 20.2. The lowest BCUT2D eigenvalue weighted by atomic mass is 10.1. The van der Waals surface area contributed by atoms with Gasteiger partial charge in [-0.2, -0.15) is 13.2 Å². The second kappa shape index (κ2) is 9.02. The minimum atomic E-state index is -4.35. The maximum atomic E-state index is 12.6. The van der Waals surface area contributed by atoms with Crippen LogP contribution in [0.25, 0.3) is 11.3 Å². The Balaban J connectivity index is 0.00000126. The highest BCUT2D eigenvalue weighted by molar-refractivity contribution is 5.77. The van der Waals surface area contributed by atoms with E-state index in [1.165, 1.54) is 19.2 Å². The Morgan fingerprint density at radius 2 is 1.63 bits per heavy atom. The molecule has 0 unspecified atom stereocenters. The van der Waals surface area contributed by atoms with Gasteiger partial charge in [0.05, 0.1) is 24.1 Å². The molecule has 0 aliphatic rings. The first-order chi connectivity index (χ1) is 13.0. The molecule has 0 saturated heterocycles. The molecule has 2 aromatic heterocycles. The fraction of sp³-hybridized carbons (Fsp3) is 0.200. The highest BCUT2D eigenvalue weighted by Gasteiger charge is 2.29. The predicted molar refractivity (Wildman–Crippen MR) is 100 cm³/mol. The van der Waals surface area contributed by atoms with E-state index in [1.54, 1.807) is 30.6 Å². The summed E-state index contributed by atoms with van der Waals surface area (Å²) in [6, 6.07) is 11.9. The molecule has 0 fully saturated rings. The number of pyridine rings is 2. The van der Waals surface area contributed by atoms with E-state index in [0.717, 1.165) is 17.7 Å². The Morgan fingerprint density at radius 1 is 0.926 bits per heavy atom. The van der Waals surface area contributed by atoms with Crippen molar-refractivity contribution < 1.29 is 17.9 Å². The van der Waals surface area contributed by atoms with Crippen LogP contribution < -0.4 is 10.1 Å². The molecule has 7 heteroatoms. The SMILES string of the molecule is CC.COc1ccc(-c2ncccc2Nc2ccc(C(F)(F)F)cc2)cn1. The predicted octanol–water partition coefficient (Wildman–Crippen LogP) is 5.94. The molecule has 0 spiro atoms. The third-order valence-corrected chi connectivity index (χ3v) is 3.52. The highest BCUT2D eigenvalue weighted by Crippen LogP contribution is 2.32. The number of benzene rings is 1. The summed E-state index contributed by atoms with van der Waals surface area (Å²) in [6.45, 7) is 4.00. The Bertz CT molecular complexity index is 848. The van der Waals surface area contributed by atoms with E-state index in [0.29, 0.717) is 22.9 Å². The molecular formula is C20H20F3N3O. The lowest BCUT2D eigenvalue weighted by Gasteiger charge is -2.12. The van der Waals surface area contributed by atoms with Gasteiger partial charge in [-0.25, -0.2) is 4.98 Å². The van der Waals surface area contributed by atoms with E-state index in [-0.39, 0.29) is 0 Å². The topological polar surface area (TPSA) is 47.0 Å². The molecule has 0 saturated carbocycles. The molecule has 0 bridgehead atoms. The molecule has 0 amide bonds. The number of ether oxygens (including phenoxy) is 1. The lowest BCUT2D eigenvalue weighted by Crippen LogP contribution is -2.04. The van der Waals surface area contributed by atoms with E-state index < -0.39 is 11.7 Å². The number of rotatable bonds is 4. The van der Waals surface area contributed by atoms with Crippen LogP contribution in [0.15, 0.2) is 60.9 Å². The summed E-state index contributed by atoms with van der Waals surface area (Å²) < 4.78 is 43.0. The first-order valence-corrected chi connectivity index (χ1v) is 8.37. The van der Waals surface area contributed by atoms with Crippen molar-refractivity contribution in [2.75, 3.05) is 12.4 Å². The molecule has 1 aromatic carbocycles. The van der Waals surface area contributed by atoms with E-state index in [4.69, 9.17) is 4.74 Å². The van der Waals surface area contributed by atoms with Gasteiger partial charge < -0.3 is 10.1 Å². The number of nitrogens with zero attached hydrogens (tertiary/aromatic N) is 2. The van der Waals surface area contributed by atoms with Gasteiger partial charge in [0, 0.05) is 29.7 Å². The summed E-state index contributed by atoms with van der Waals surface area (Å²) in [4.78, 5) is 8.48. The number of alkyl halides is 3. The molecule has 2 heterocycles. The molecule has 4 nitrogen and oxygen atoms in total. The molecule has 0 aliphatic carbocycles. The van der Waals surface area contributed by atoms with Gasteiger partial charge in [0.25, 0.3) is 0 Å². The summed E-state index contributed by atoms with van der Waals surface area (Å²) in [5, 5.41) is 3.09. The van der Waals surface area contributed by atoms with Gasteiger partial charge in [0.1, 0.15) is 0 Å². The van der Waals surface area contributed by atoms with Gasteiger partial charge in [0.15, 0.2) is 0 Å². The standard InChI is InChI=1S/C18H14F3N3O.C2H6/c1-25-16-9-4-12(11-23-16)17-15(3-2-10-22-17)24-14-7-5-13(6-8-14)18(19,20)21;1-2/h2-11,24H,1H3;1-2H3. The Morgan fingerprint density at radius 3 is 2.19 bits per heavy atom. The monoisotopic (exact) mass is 375 g/mol. The average molecular weight is 375 g/mol. The van der Waals surface area contributed by atoms with Gasteiger partial charge in [-0.05, 0) is 42.5 Å². The van der Waals surface area contributed by atoms with Crippen LogP contribution in [-0.2, 0) is 6.18 Å². The van der Waals surface area contributed by atoms with Crippen LogP contribution in [0.1, 0.15) is 19.4 Å². The summed E-state index contributed by atoms with van der Waals surface area (Å²) in [5.41, 5.74) is 1.90. The third kappa shape index (κ3) is 5.20. The molecule has 27 heavy (non-hydrogen) atoms. The lowest BCUT2D eigenvalue weighted by molar-refractivity contribution is -0.137. The molecule has 0 atom stereocenters. The summed E-state index contributed by atoms with van der Waals surface area (Å²) in [5.74, 6) is 0.483. The third-order valence-electron chi connectivity index (χ3n) is 3.52. The Hall–Kier alpha value is -3.09. The van der Waals surface area contributed by atoms with Crippen LogP contribution in [-0.4, -0.2) is 17.1 Å². The molecule has 3 rings (SSSR count). The van der Waals surface area contributed by atoms with E-state index in [1.807, 2.05) is 19.9 Å². The van der Waals surface area contributed by atoms with Crippen LogP contribution >= 0.6 is 0 Å². The number of hydrogen-bond donors (Lipinski definition) is 1. The maximum absolute atomic E-state index is 12.6. The van der Waals surface area contributed by atoms with Gasteiger partial charge >= 0.3 is 6.18 Å². The Kier molecular flexibility index (Phi) is 6.76. The molecular weight excluding hydrogens is 355 g/mol. The molecule has 0 aliphatic heterocycles. The van der Waals surface area contributed by atoms with Crippen LogP contribution in [0.3, 0.4) is 0 Å². The van der Waals surface area contributed by atoms with Crippen molar-refractivity contribution in [2.24, 2.45) is 0 Å². The Labute approximate surface area is 156 Å². The van der Waals surface area contributed by atoms with E-state index in [2.05, 4.69) is 15.3 Å². The second-order valence-electron chi connectivity index (χ2n) is 5.19. The van der Waals surface area contributed by atoms with E-state index in [9.17, 15) is 13.2 Å². The number of aromatic nitrogens is 2. The molecule has 142 valence electrons. The number of halogens is 3. The average Bonchev–Trinajstić information content (AvgIpc) is 2.70. The number of hydrogen-bond acceptors (Lipinski definition) is 4. The van der Waals surface area contributed by atoms with Crippen LogP contribution in [0.2, 0.25) is 0 Å². The first-order valence-electron chi connectivity index (χ1n) is 8.37. The minimum Gasteiger partial charge on any atom is -0.481 e. The summed E-state index contributed by atoms with van der Waals surface area (Å²) in [6.07, 6.45) is -1.09. The van der Waals surface area contributed by atoms with Crippen molar-refractivity contribution >= 4 is 11.4 Å². The van der Waals surface area contributed by atoms with Crippen molar-refractivity contribution in [3.63, 3.8) is 0 Å². The maximum Gasteiger partial charge on any atom is 0.416 e. The zero-order valence-corrected chi connectivity index (χ0v) is 15.2. The van der Waals surface area contributed by atoms with Crippen molar-refractivity contribution in [1.29, 1.82) is 0 Å². The number of nitrogens with one attached hydrogen (secondary N) is 1. The van der Waals surface area contributed by atoms with Crippen LogP contribution in [0.5, 0.6) is 5.88 Å². The smallest absolute Gasteiger partial charge is 0.416 e. The summed E-state index contributed by atoms with van der Waals surface area (Å²) in [7, 11) is 1.53. The number of methoxy groups -OCH3 is 1. The van der Waals surface area contributed by atoms with E-state index >= 15 is 0 Å². The van der Waals surface area contributed by atoms with Crippen molar-refractivity contribution in [3.05, 3.63) is 66.5 Å². The molecule has 0 radical (unpaired) electrons. The van der Waals surface area contributed by atoms with Gasteiger partial charge in [0.2, 0.25) is 5.88 Å². The van der Waals surface area contributed by atoms with Crippen molar-refractivity contribution in [1.82, 2.24) is 9.97 Å². The largest absolute Gasteiger partial charge is 0.481 e. The molecule has 3 aromatic rings. The fourth-order valence-corrected chi connectivity index (χ4v) is 2.28. The molecule has 1 N–H and O–H groups in total. The zero-order chi connectivity index (χ0) is 19.9. The normalized spacial score (nSPS) is 10.6.